The highest BCUT2D eigenvalue weighted by molar-refractivity contribution is 6.35. The van der Waals surface area contributed by atoms with Crippen molar-refractivity contribution in [3.8, 4) is 0 Å². The minimum Gasteiger partial charge on any atom is -0.356 e. The third-order valence-corrected chi connectivity index (χ3v) is 7.26. The van der Waals surface area contributed by atoms with Gasteiger partial charge in [0.2, 0.25) is 17.7 Å². The zero-order valence-corrected chi connectivity index (χ0v) is 21.6. The van der Waals surface area contributed by atoms with E-state index in [1.54, 1.807) is 13.8 Å². The van der Waals surface area contributed by atoms with Gasteiger partial charge in [0, 0.05) is 31.3 Å². The van der Waals surface area contributed by atoms with Crippen LogP contribution in [-0.2, 0) is 28.7 Å². The van der Waals surface area contributed by atoms with Gasteiger partial charge in [0.05, 0.1) is 6.04 Å². The molecule has 220 valence electrons. The van der Waals surface area contributed by atoms with E-state index in [9.17, 15) is 45.9 Å². The molecule has 0 aromatic carbocycles. The molecule has 15 heteroatoms. The molecule has 1 aliphatic heterocycles. The van der Waals surface area contributed by atoms with Crippen LogP contribution in [-0.4, -0.2) is 73.0 Å². The summed E-state index contributed by atoms with van der Waals surface area (Å²) in [6.45, 7) is 2.36. The molecule has 2 aliphatic carbocycles. The number of carbonyl (C=O) groups is 5. The maximum atomic E-state index is 13.2. The standard InChI is InChI=1S/C24H33F5N4O6/c1-12(2)5-16(33-21(38)20(37)31-14-7-22(8-14)10-23(25,26)11-22)19(36)32-15(6-13-3-4-30-18(13)35)17(34)9-39-24(27,28)29/h12-16H,3-11H2,1-2H3,(H,30,35)(H,31,37)(H,32,36)(H,33,38)/t13-,15-,16-/m0/s1. The molecular formula is C24H33F5N4O6. The summed E-state index contributed by atoms with van der Waals surface area (Å²) in [6.07, 6.45) is -4.91. The van der Waals surface area contributed by atoms with Crippen LogP contribution in [0.25, 0.3) is 0 Å². The van der Waals surface area contributed by atoms with Gasteiger partial charge in [0.15, 0.2) is 5.78 Å². The van der Waals surface area contributed by atoms with Crippen molar-refractivity contribution in [1.29, 1.82) is 0 Å². The molecular weight excluding hydrogens is 535 g/mol. The van der Waals surface area contributed by atoms with E-state index in [0.29, 0.717) is 25.8 Å². The maximum Gasteiger partial charge on any atom is 0.522 e. The number of nitrogens with one attached hydrogen (secondary N) is 4. The molecule has 0 aromatic heterocycles. The van der Waals surface area contributed by atoms with Crippen molar-refractivity contribution in [2.24, 2.45) is 17.3 Å². The van der Waals surface area contributed by atoms with Gasteiger partial charge in [-0.2, -0.15) is 0 Å². The number of alkyl halides is 5. The Labute approximate surface area is 221 Å². The van der Waals surface area contributed by atoms with Crippen LogP contribution in [0.4, 0.5) is 22.0 Å². The molecule has 10 nitrogen and oxygen atoms in total. The Morgan fingerprint density at radius 2 is 1.69 bits per heavy atom. The summed E-state index contributed by atoms with van der Waals surface area (Å²) in [5.74, 6) is -8.28. The van der Waals surface area contributed by atoms with Gasteiger partial charge in [-0.25, -0.2) is 8.78 Å². The Bertz CT molecular complexity index is 973. The number of ketones is 1. The van der Waals surface area contributed by atoms with Gasteiger partial charge in [-0.05, 0) is 43.4 Å². The summed E-state index contributed by atoms with van der Waals surface area (Å²) >= 11 is 0. The van der Waals surface area contributed by atoms with Crippen LogP contribution in [0.5, 0.6) is 0 Å². The number of Topliss-reactive ketones (excluding diaryl/α,β-unsaturated/α-hetero) is 1. The Balaban J connectivity index is 1.59. The predicted molar refractivity (Wildman–Crippen MR) is 124 cm³/mol. The minimum absolute atomic E-state index is 0.0242. The molecule has 3 aliphatic rings. The van der Waals surface area contributed by atoms with E-state index in [-0.39, 0.29) is 31.6 Å². The average Bonchev–Trinajstić information content (AvgIpc) is 3.17. The van der Waals surface area contributed by atoms with Crippen LogP contribution >= 0.6 is 0 Å². The fourth-order valence-corrected chi connectivity index (χ4v) is 5.55. The highest BCUT2D eigenvalue weighted by atomic mass is 19.4. The fourth-order valence-electron chi connectivity index (χ4n) is 5.55. The molecule has 3 fully saturated rings. The topological polar surface area (TPSA) is 143 Å². The predicted octanol–water partition coefficient (Wildman–Crippen LogP) is 1.33. The third-order valence-electron chi connectivity index (χ3n) is 7.26. The highest BCUT2D eigenvalue weighted by Gasteiger charge is 2.62. The monoisotopic (exact) mass is 568 g/mol. The average molecular weight is 569 g/mol. The molecule has 3 rings (SSSR count). The summed E-state index contributed by atoms with van der Waals surface area (Å²) in [6, 6.07) is -3.29. The summed E-state index contributed by atoms with van der Waals surface area (Å²) in [7, 11) is 0. The summed E-state index contributed by atoms with van der Waals surface area (Å²) in [4.78, 5) is 62.4. The maximum absolute atomic E-state index is 13.2. The van der Waals surface area contributed by atoms with Gasteiger partial charge >= 0.3 is 18.2 Å². The van der Waals surface area contributed by atoms with Gasteiger partial charge in [0.25, 0.3) is 0 Å². The molecule has 2 saturated carbocycles. The Morgan fingerprint density at radius 3 is 2.21 bits per heavy atom. The molecule has 0 bridgehead atoms. The second-order valence-corrected chi connectivity index (χ2v) is 11.2. The molecule has 39 heavy (non-hydrogen) atoms. The van der Waals surface area contributed by atoms with Crippen molar-refractivity contribution in [3.05, 3.63) is 0 Å². The van der Waals surface area contributed by atoms with Crippen LogP contribution in [0.2, 0.25) is 0 Å². The number of rotatable bonds is 11. The smallest absolute Gasteiger partial charge is 0.356 e. The summed E-state index contributed by atoms with van der Waals surface area (Å²) < 4.78 is 67.4. The van der Waals surface area contributed by atoms with Crippen LogP contribution < -0.4 is 21.3 Å². The van der Waals surface area contributed by atoms with Crippen molar-refractivity contribution >= 4 is 29.4 Å². The van der Waals surface area contributed by atoms with Crippen molar-refractivity contribution in [3.63, 3.8) is 0 Å². The molecule has 3 atom stereocenters. The largest absolute Gasteiger partial charge is 0.522 e. The van der Waals surface area contributed by atoms with Gasteiger partial charge in [-0.15, -0.1) is 13.2 Å². The van der Waals surface area contributed by atoms with Crippen LogP contribution in [0.3, 0.4) is 0 Å². The molecule has 0 aromatic rings. The normalized spacial score (nSPS) is 23.3. The first kappa shape index (κ1) is 30.7. The number of hydrogen-bond donors (Lipinski definition) is 4. The Morgan fingerprint density at radius 1 is 1.05 bits per heavy atom. The SMILES string of the molecule is CC(C)C[C@H](NC(=O)C(=O)NC1CC2(C1)CC(F)(F)C2)C(=O)N[C@@H](C[C@@H]1CCNC1=O)C(=O)COC(F)(F)F. The summed E-state index contributed by atoms with van der Waals surface area (Å²) in [5.41, 5.74) is -0.522. The van der Waals surface area contributed by atoms with Gasteiger partial charge in [0.1, 0.15) is 12.6 Å². The minimum atomic E-state index is -5.09. The molecule has 1 saturated heterocycles. The number of hydrogen-bond acceptors (Lipinski definition) is 6. The van der Waals surface area contributed by atoms with E-state index >= 15 is 0 Å². The number of ether oxygens (including phenoxy) is 1. The van der Waals surface area contributed by atoms with Gasteiger partial charge in [-0.3, -0.25) is 28.7 Å². The van der Waals surface area contributed by atoms with E-state index < -0.39 is 77.8 Å². The molecule has 4 amide bonds. The van der Waals surface area contributed by atoms with Crippen LogP contribution in [0, 0.1) is 17.3 Å². The van der Waals surface area contributed by atoms with E-state index in [1.165, 1.54) is 0 Å². The van der Waals surface area contributed by atoms with Crippen LogP contribution in [0.15, 0.2) is 0 Å². The molecule has 1 heterocycles. The molecule has 0 radical (unpaired) electrons. The van der Waals surface area contributed by atoms with Gasteiger partial charge < -0.3 is 21.3 Å². The van der Waals surface area contributed by atoms with Crippen molar-refractivity contribution in [2.45, 2.75) is 89.2 Å². The first-order valence-corrected chi connectivity index (χ1v) is 12.8. The van der Waals surface area contributed by atoms with Crippen molar-refractivity contribution in [2.75, 3.05) is 13.2 Å². The second-order valence-electron chi connectivity index (χ2n) is 11.2. The summed E-state index contributed by atoms with van der Waals surface area (Å²) in [5, 5.41) is 9.59. The number of halogens is 5. The quantitative estimate of drug-likeness (QED) is 0.219. The molecule has 1 spiro atoms. The fraction of sp³-hybridized carbons (Fsp3) is 0.792. The van der Waals surface area contributed by atoms with E-state index in [4.69, 9.17) is 0 Å². The number of amides is 4. The lowest BCUT2D eigenvalue weighted by atomic mass is 9.52. The lowest BCUT2D eigenvalue weighted by Gasteiger charge is -2.57. The zero-order chi connectivity index (χ0) is 29.2. The van der Waals surface area contributed by atoms with Crippen LogP contribution in [0.1, 0.15) is 58.8 Å². The highest BCUT2D eigenvalue weighted by Crippen LogP contribution is 2.62. The second kappa shape index (κ2) is 11.7. The lowest BCUT2D eigenvalue weighted by Crippen LogP contribution is -2.61. The Kier molecular flexibility index (Phi) is 9.23. The molecule has 4 N–H and O–H groups in total. The molecule has 0 unspecified atom stereocenters. The first-order chi connectivity index (χ1) is 18.0. The lowest BCUT2D eigenvalue weighted by molar-refractivity contribution is -0.321. The van der Waals surface area contributed by atoms with E-state index in [1.807, 2.05) is 0 Å². The number of carbonyl (C=O) groups excluding carboxylic acids is 5. The first-order valence-electron chi connectivity index (χ1n) is 12.8. The van der Waals surface area contributed by atoms with Crippen molar-refractivity contribution < 1.29 is 50.7 Å². The third kappa shape index (κ3) is 8.57. The van der Waals surface area contributed by atoms with Gasteiger partial charge in [-0.1, -0.05) is 13.8 Å². The van der Waals surface area contributed by atoms with E-state index in [0.717, 1.165) is 0 Å². The van der Waals surface area contributed by atoms with E-state index in [2.05, 4.69) is 26.0 Å². The zero-order valence-electron chi connectivity index (χ0n) is 21.6. The van der Waals surface area contributed by atoms with Crippen molar-refractivity contribution in [1.82, 2.24) is 21.3 Å². The Hall–Kier alpha value is -2.84.